The lowest BCUT2D eigenvalue weighted by Gasteiger charge is -2.39. The van der Waals surface area contributed by atoms with E-state index >= 15 is 0 Å². The molecule has 0 bridgehead atoms. The Morgan fingerprint density at radius 1 is 1.29 bits per heavy atom. The molecule has 114 valence electrons. The lowest BCUT2D eigenvalue weighted by Crippen LogP contribution is -2.66. The van der Waals surface area contributed by atoms with E-state index in [0.29, 0.717) is 12.8 Å². The molecule has 1 saturated heterocycles. The quantitative estimate of drug-likeness (QED) is 0.731. The molecule has 7 nitrogen and oxygen atoms in total. The second kappa shape index (κ2) is 4.82. The fourth-order valence-corrected chi connectivity index (χ4v) is 3.13. The zero-order valence-electron chi connectivity index (χ0n) is 12.0. The number of urea groups is 1. The third-order valence-corrected chi connectivity index (χ3v) is 4.65. The summed E-state index contributed by atoms with van der Waals surface area (Å²) in [5.41, 5.74) is -1.15. The van der Waals surface area contributed by atoms with Crippen molar-refractivity contribution < 1.29 is 19.2 Å². The number of imide groups is 2. The van der Waals surface area contributed by atoms with E-state index in [4.69, 9.17) is 0 Å². The molecular formula is C14H19N3O4. The molecule has 1 heterocycles. The second-order valence-electron chi connectivity index (χ2n) is 6.18. The van der Waals surface area contributed by atoms with E-state index in [9.17, 15) is 19.2 Å². The van der Waals surface area contributed by atoms with Crippen LogP contribution < -0.4 is 10.6 Å². The van der Waals surface area contributed by atoms with E-state index in [1.807, 2.05) is 0 Å². The Labute approximate surface area is 122 Å². The number of nitrogens with one attached hydrogen (secondary N) is 2. The first-order valence-corrected chi connectivity index (χ1v) is 7.45. The summed E-state index contributed by atoms with van der Waals surface area (Å²) in [7, 11) is 0. The Morgan fingerprint density at radius 3 is 2.48 bits per heavy atom. The molecule has 5 amide bonds. The largest absolute Gasteiger partial charge is 0.352 e. The van der Waals surface area contributed by atoms with Gasteiger partial charge in [-0.1, -0.05) is 12.8 Å². The normalized spacial score (nSPS) is 26.0. The lowest BCUT2D eigenvalue weighted by molar-refractivity contribution is -0.154. The molecule has 2 aliphatic carbocycles. The zero-order valence-corrected chi connectivity index (χ0v) is 12.0. The summed E-state index contributed by atoms with van der Waals surface area (Å²) in [6, 6.07) is -1.53. The van der Waals surface area contributed by atoms with Gasteiger partial charge in [-0.25, -0.2) is 4.79 Å². The van der Waals surface area contributed by atoms with Gasteiger partial charge in [0.2, 0.25) is 17.7 Å². The van der Waals surface area contributed by atoms with Gasteiger partial charge in [0.05, 0.1) is 0 Å². The summed E-state index contributed by atoms with van der Waals surface area (Å²) in [6.45, 7) is 1.52. The van der Waals surface area contributed by atoms with Crippen molar-refractivity contribution in [3.8, 4) is 0 Å². The molecule has 0 aromatic heterocycles. The van der Waals surface area contributed by atoms with Crippen molar-refractivity contribution >= 4 is 23.8 Å². The Kier molecular flexibility index (Phi) is 3.22. The summed E-state index contributed by atoms with van der Waals surface area (Å²) >= 11 is 0. The van der Waals surface area contributed by atoms with Crippen LogP contribution in [0.2, 0.25) is 0 Å². The van der Waals surface area contributed by atoms with Gasteiger partial charge in [-0.15, -0.1) is 0 Å². The first kappa shape index (κ1) is 14.0. The second-order valence-corrected chi connectivity index (χ2v) is 6.18. The van der Waals surface area contributed by atoms with Crippen LogP contribution in [0.3, 0.4) is 0 Å². The average Bonchev–Trinajstić information content (AvgIpc) is 3.10. The zero-order chi connectivity index (χ0) is 15.2. The molecule has 2 N–H and O–H groups in total. The van der Waals surface area contributed by atoms with Crippen molar-refractivity contribution in [3.05, 3.63) is 0 Å². The Morgan fingerprint density at radius 2 is 1.90 bits per heavy atom. The predicted octanol–water partition coefficient (Wildman–Crippen LogP) is 0.292. The van der Waals surface area contributed by atoms with E-state index < -0.39 is 29.3 Å². The smallest absolute Gasteiger partial charge is 0.331 e. The molecule has 0 aromatic rings. The topological polar surface area (TPSA) is 95.6 Å². The van der Waals surface area contributed by atoms with Crippen LogP contribution in [0.4, 0.5) is 4.79 Å². The number of carbonyl (C=O) groups excluding carboxylic acids is 4. The number of hydrogen-bond donors (Lipinski definition) is 2. The molecule has 3 fully saturated rings. The first-order valence-electron chi connectivity index (χ1n) is 7.45. The molecule has 1 unspecified atom stereocenters. The number of nitrogens with zero attached hydrogens (tertiary/aromatic N) is 1. The van der Waals surface area contributed by atoms with Crippen molar-refractivity contribution in [2.24, 2.45) is 5.41 Å². The van der Waals surface area contributed by atoms with Gasteiger partial charge in [-0.3, -0.25) is 24.6 Å². The van der Waals surface area contributed by atoms with Crippen LogP contribution in [0, 0.1) is 5.41 Å². The number of barbiturate groups is 1. The molecule has 7 heteroatoms. The molecule has 3 rings (SSSR count). The van der Waals surface area contributed by atoms with E-state index in [1.165, 1.54) is 6.92 Å². The van der Waals surface area contributed by atoms with Gasteiger partial charge in [0.1, 0.15) is 11.5 Å². The highest BCUT2D eigenvalue weighted by atomic mass is 16.2. The molecule has 1 spiro atoms. The minimum atomic E-state index is -1.15. The minimum absolute atomic E-state index is 0.157. The van der Waals surface area contributed by atoms with E-state index in [0.717, 1.165) is 30.6 Å². The summed E-state index contributed by atoms with van der Waals surface area (Å²) in [4.78, 5) is 49.8. The fourth-order valence-electron chi connectivity index (χ4n) is 3.13. The standard InChI is InChI=1S/C14H19N3O4/c1-8(10(18)15-9-4-5-9)17-12(20)14(6-2-3-7-14)11(19)16-13(17)21/h8-9H,2-7H2,1H3,(H,15,18)(H,16,19,21). The highest BCUT2D eigenvalue weighted by Crippen LogP contribution is 2.42. The number of carbonyl (C=O) groups is 4. The van der Waals surface area contributed by atoms with Crippen molar-refractivity contribution in [1.82, 2.24) is 15.5 Å². The van der Waals surface area contributed by atoms with Crippen molar-refractivity contribution in [2.75, 3.05) is 0 Å². The van der Waals surface area contributed by atoms with E-state index in [-0.39, 0.29) is 11.9 Å². The minimum Gasteiger partial charge on any atom is -0.352 e. The lowest BCUT2D eigenvalue weighted by atomic mass is 9.81. The Hall–Kier alpha value is -1.92. The van der Waals surface area contributed by atoms with Gasteiger partial charge in [-0.05, 0) is 32.6 Å². The monoisotopic (exact) mass is 293 g/mol. The van der Waals surface area contributed by atoms with Gasteiger partial charge in [0.25, 0.3) is 0 Å². The molecule has 1 atom stereocenters. The van der Waals surface area contributed by atoms with Crippen LogP contribution in [0.5, 0.6) is 0 Å². The number of hydrogen-bond acceptors (Lipinski definition) is 4. The predicted molar refractivity (Wildman–Crippen MR) is 71.9 cm³/mol. The molecular weight excluding hydrogens is 274 g/mol. The molecule has 0 radical (unpaired) electrons. The van der Waals surface area contributed by atoms with Crippen molar-refractivity contribution in [1.29, 1.82) is 0 Å². The van der Waals surface area contributed by atoms with E-state index in [2.05, 4.69) is 10.6 Å². The van der Waals surface area contributed by atoms with Gasteiger partial charge in [-0.2, -0.15) is 0 Å². The van der Waals surface area contributed by atoms with E-state index in [1.54, 1.807) is 0 Å². The number of rotatable bonds is 3. The molecule has 3 aliphatic rings. The van der Waals surface area contributed by atoms with Gasteiger partial charge in [0, 0.05) is 6.04 Å². The summed E-state index contributed by atoms with van der Waals surface area (Å²) < 4.78 is 0. The van der Waals surface area contributed by atoms with Crippen LogP contribution in [-0.2, 0) is 14.4 Å². The summed E-state index contributed by atoms with van der Waals surface area (Å²) in [5.74, 6) is -1.38. The average molecular weight is 293 g/mol. The highest BCUT2D eigenvalue weighted by Gasteiger charge is 2.56. The van der Waals surface area contributed by atoms with Crippen LogP contribution in [0.15, 0.2) is 0 Å². The molecule has 21 heavy (non-hydrogen) atoms. The number of amides is 5. The Balaban J connectivity index is 1.82. The summed E-state index contributed by atoms with van der Waals surface area (Å²) in [6.07, 6.45) is 4.31. The molecule has 1 aliphatic heterocycles. The third kappa shape index (κ3) is 2.20. The molecule has 2 saturated carbocycles. The van der Waals surface area contributed by atoms with Crippen LogP contribution in [0.1, 0.15) is 45.4 Å². The highest BCUT2D eigenvalue weighted by molar-refractivity contribution is 6.20. The molecule has 0 aromatic carbocycles. The van der Waals surface area contributed by atoms with Crippen molar-refractivity contribution in [3.63, 3.8) is 0 Å². The van der Waals surface area contributed by atoms with Crippen LogP contribution in [0.25, 0.3) is 0 Å². The van der Waals surface area contributed by atoms with Crippen LogP contribution >= 0.6 is 0 Å². The maximum atomic E-state index is 12.7. The van der Waals surface area contributed by atoms with Crippen molar-refractivity contribution in [2.45, 2.75) is 57.5 Å². The maximum Gasteiger partial charge on any atom is 0.331 e. The van der Waals surface area contributed by atoms with Gasteiger partial charge < -0.3 is 5.32 Å². The first-order chi connectivity index (χ1) is 9.95. The van der Waals surface area contributed by atoms with Gasteiger partial charge >= 0.3 is 6.03 Å². The fraction of sp³-hybridized carbons (Fsp3) is 0.714. The maximum absolute atomic E-state index is 12.7. The third-order valence-electron chi connectivity index (χ3n) is 4.65. The summed E-state index contributed by atoms with van der Waals surface area (Å²) in [5, 5.41) is 5.03. The Bertz CT molecular complexity index is 520. The van der Waals surface area contributed by atoms with Gasteiger partial charge in [0.15, 0.2) is 0 Å². The SMILES string of the molecule is CC(C(=O)NC1CC1)N1C(=O)NC(=O)C2(CCCC2)C1=O. The van der Waals surface area contributed by atoms with Crippen LogP contribution in [-0.4, -0.2) is 40.7 Å².